The molecule has 0 aromatic heterocycles. The number of unbranched alkanes of at least 4 members (excludes halogenated alkanes) is 3. The normalized spacial score (nSPS) is 16.0. The third-order valence-electron chi connectivity index (χ3n) is 5.62. The second-order valence-corrected chi connectivity index (χ2v) is 10.8. The van der Waals surface area contributed by atoms with Gasteiger partial charge in [-0.05, 0) is 76.7 Å². The minimum Gasteiger partial charge on any atom is -0.493 e. The van der Waals surface area contributed by atoms with Gasteiger partial charge in [-0.1, -0.05) is 33.6 Å². The lowest BCUT2D eigenvalue weighted by Crippen LogP contribution is -2.39. The molecular weight excluding hydrogens is 407 g/mol. The molecule has 1 heterocycles. The van der Waals surface area contributed by atoms with Crippen LogP contribution in [0.3, 0.4) is 0 Å². The zero-order valence-corrected chi connectivity index (χ0v) is 21.0. The van der Waals surface area contributed by atoms with Gasteiger partial charge in [0.05, 0.1) is 6.61 Å². The van der Waals surface area contributed by atoms with E-state index in [9.17, 15) is 9.18 Å². The van der Waals surface area contributed by atoms with Gasteiger partial charge in [0.15, 0.2) is 0 Å². The first-order chi connectivity index (χ1) is 15.0. The third kappa shape index (κ3) is 9.35. The fourth-order valence-corrected chi connectivity index (χ4v) is 3.89. The summed E-state index contributed by atoms with van der Waals surface area (Å²) in [5, 5.41) is 0. The van der Waals surface area contributed by atoms with Crippen LogP contribution in [0.5, 0.6) is 5.75 Å². The average Bonchev–Trinajstić information content (AvgIpc) is 2.92. The van der Waals surface area contributed by atoms with Crippen LogP contribution >= 0.6 is 0 Å². The Morgan fingerprint density at radius 3 is 2.38 bits per heavy atom. The minimum absolute atomic E-state index is 0.149. The molecule has 0 radical (unpaired) electrons. The van der Waals surface area contributed by atoms with E-state index < -0.39 is 5.60 Å². The highest BCUT2D eigenvalue weighted by atomic mass is 19.1. The average molecular weight is 451 g/mol. The Balaban J connectivity index is 1.62. The van der Waals surface area contributed by atoms with E-state index in [1.807, 2.05) is 25.7 Å². The highest BCUT2D eigenvalue weighted by molar-refractivity contribution is 5.68. The summed E-state index contributed by atoms with van der Waals surface area (Å²) in [5.74, 6) is 0.572. The smallest absolute Gasteiger partial charge is 0.410 e. The summed E-state index contributed by atoms with van der Waals surface area (Å²) in [7, 11) is 0. The standard InChI is InChI=1S/C26H43FN2O3/c1-25(2,3)22-20-21(27)12-13-23(22)31-19-10-8-7-9-14-28-15-11-16-29(18-17-28)24(30)32-26(4,5)6/h12-13,20H,7-11,14-19H2,1-6H3. The Bertz CT molecular complexity index is 725. The van der Waals surface area contributed by atoms with Gasteiger partial charge in [-0.2, -0.15) is 0 Å². The first-order valence-electron chi connectivity index (χ1n) is 12.1. The number of amides is 1. The van der Waals surface area contributed by atoms with E-state index in [1.54, 1.807) is 12.1 Å². The Hall–Kier alpha value is -1.82. The summed E-state index contributed by atoms with van der Waals surface area (Å²) in [5.41, 5.74) is 0.320. The first kappa shape index (κ1) is 26.4. The van der Waals surface area contributed by atoms with E-state index in [4.69, 9.17) is 9.47 Å². The number of halogens is 1. The molecule has 1 amide bonds. The van der Waals surface area contributed by atoms with Crippen LogP contribution in [0.4, 0.5) is 9.18 Å². The van der Waals surface area contributed by atoms with Crippen molar-refractivity contribution in [3.8, 4) is 5.75 Å². The first-order valence-corrected chi connectivity index (χ1v) is 12.1. The van der Waals surface area contributed by atoms with Gasteiger partial charge in [-0.3, -0.25) is 0 Å². The van der Waals surface area contributed by atoms with Crippen molar-refractivity contribution in [2.75, 3.05) is 39.3 Å². The molecule has 6 heteroatoms. The number of carbonyl (C=O) groups excluding carboxylic acids is 1. The van der Waals surface area contributed by atoms with Crippen molar-refractivity contribution in [2.45, 2.75) is 84.7 Å². The van der Waals surface area contributed by atoms with Crippen molar-refractivity contribution in [1.29, 1.82) is 0 Å². The largest absolute Gasteiger partial charge is 0.493 e. The lowest BCUT2D eigenvalue weighted by atomic mass is 9.86. The van der Waals surface area contributed by atoms with Crippen molar-refractivity contribution in [2.24, 2.45) is 0 Å². The molecule has 182 valence electrons. The van der Waals surface area contributed by atoms with Crippen molar-refractivity contribution in [1.82, 2.24) is 9.80 Å². The van der Waals surface area contributed by atoms with Gasteiger partial charge in [0.2, 0.25) is 0 Å². The molecule has 5 nitrogen and oxygen atoms in total. The van der Waals surface area contributed by atoms with Gasteiger partial charge in [0.1, 0.15) is 17.2 Å². The molecule has 1 saturated heterocycles. The van der Waals surface area contributed by atoms with Crippen LogP contribution in [0.15, 0.2) is 18.2 Å². The van der Waals surface area contributed by atoms with E-state index in [1.165, 1.54) is 6.07 Å². The SMILES string of the molecule is CC(C)(C)OC(=O)N1CCCN(CCCCCCOc2ccc(F)cc2C(C)(C)C)CC1. The van der Waals surface area contributed by atoms with Crippen molar-refractivity contribution in [3.63, 3.8) is 0 Å². The molecule has 0 bridgehead atoms. The van der Waals surface area contributed by atoms with E-state index in [2.05, 4.69) is 25.7 Å². The molecule has 0 N–H and O–H groups in total. The van der Waals surface area contributed by atoms with E-state index >= 15 is 0 Å². The van der Waals surface area contributed by atoms with Crippen molar-refractivity contribution >= 4 is 6.09 Å². The van der Waals surface area contributed by atoms with Crippen LogP contribution in [-0.4, -0.2) is 60.8 Å². The summed E-state index contributed by atoms with van der Waals surface area (Å²) in [6, 6.07) is 4.80. The van der Waals surface area contributed by atoms with Crippen LogP contribution in [0.25, 0.3) is 0 Å². The number of carbonyl (C=O) groups is 1. The Morgan fingerprint density at radius 2 is 1.69 bits per heavy atom. The molecule has 1 aromatic rings. The molecule has 0 unspecified atom stereocenters. The summed E-state index contributed by atoms with van der Waals surface area (Å²) in [4.78, 5) is 16.6. The molecule has 1 aliphatic rings. The number of nitrogens with zero attached hydrogens (tertiary/aromatic N) is 2. The van der Waals surface area contributed by atoms with Crippen LogP contribution in [0, 0.1) is 5.82 Å². The second kappa shape index (κ2) is 11.9. The predicted octanol–water partition coefficient (Wildman–Crippen LogP) is 6.01. The number of hydrogen-bond acceptors (Lipinski definition) is 4. The van der Waals surface area contributed by atoms with Gasteiger partial charge in [-0.15, -0.1) is 0 Å². The Kier molecular flexibility index (Phi) is 9.81. The lowest BCUT2D eigenvalue weighted by Gasteiger charge is -2.26. The molecule has 0 aliphatic carbocycles. The zero-order valence-electron chi connectivity index (χ0n) is 21.0. The molecule has 1 aromatic carbocycles. The quantitative estimate of drug-likeness (QED) is 0.455. The number of benzene rings is 1. The number of hydrogen-bond donors (Lipinski definition) is 0. The lowest BCUT2D eigenvalue weighted by molar-refractivity contribution is 0.0257. The number of rotatable bonds is 8. The van der Waals surface area contributed by atoms with E-state index in [0.29, 0.717) is 6.61 Å². The topological polar surface area (TPSA) is 42.0 Å². The fraction of sp³-hybridized carbons (Fsp3) is 0.731. The van der Waals surface area contributed by atoms with Crippen LogP contribution in [-0.2, 0) is 10.2 Å². The van der Waals surface area contributed by atoms with Gasteiger partial charge < -0.3 is 19.3 Å². The second-order valence-electron chi connectivity index (χ2n) is 10.8. The third-order valence-corrected chi connectivity index (χ3v) is 5.62. The maximum Gasteiger partial charge on any atom is 0.410 e. The van der Waals surface area contributed by atoms with Crippen molar-refractivity contribution < 1.29 is 18.7 Å². The predicted molar refractivity (Wildman–Crippen MR) is 128 cm³/mol. The van der Waals surface area contributed by atoms with Gasteiger partial charge in [0, 0.05) is 25.2 Å². The highest BCUT2D eigenvalue weighted by Crippen LogP contribution is 2.32. The van der Waals surface area contributed by atoms with Gasteiger partial charge in [-0.25, -0.2) is 9.18 Å². The fourth-order valence-electron chi connectivity index (χ4n) is 3.89. The monoisotopic (exact) mass is 450 g/mol. The van der Waals surface area contributed by atoms with Crippen molar-refractivity contribution in [3.05, 3.63) is 29.6 Å². The molecule has 0 saturated carbocycles. The van der Waals surface area contributed by atoms with Crippen LogP contribution in [0.2, 0.25) is 0 Å². The molecule has 1 fully saturated rings. The van der Waals surface area contributed by atoms with Gasteiger partial charge in [0.25, 0.3) is 0 Å². The summed E-state index contributed by atoms with van der Waals surface area (Å²) in [6.45, 7) is 17.1. The molecule has 32 heavy (non-hydrogen) atoms. The van der Waals surface area contributed by atoms with Gasteiger partial charge >= 0.3 is 6.09 Å². The minimum atomic E-state index is -0.447. The summed E-state index contributed by atoms with van der Waals surface area (Å²) in [6.07, 6.45) is 5.20. The zero-order chi connectivity index (χ0) is 23.8. The maximum atomic E-state index is 13.6. The molecule has 2 rings (SSSR count). The number of ether oxygens (including phenoxy) is 2. The Labute approximate surface area is 194 Å². The highest BCUT2D eigenvalue weighted by Gasteiger charge is 2.24. The summed E-state index contributed by atoms with van der Waals surface area (Å²) < 4.78 is 25.1. The summed E-state index contributed by atoms with van der Waals surface area (Å²) >= 11 is 0. The molecule has 0 spiro atoms. The van der Waals surface area contributed by atoms with Crippen LogP contribution in [0.1, 0.15) is 79.2 Å². The Morgan fingerprint density at radius 1 is 0.969 bits per heavy atom. The van der Waals surface area contributed by atoms with E-state index in [-0.39, 0.29) is 17.3 Å². The van der Waals surface area contributed by atoms with Crippen LogP contribution < -0.4 is 4.74 Å². The van der Waals surface area contributed by atoms with E-state index in [0.717, 1.165) is 76.1 Å². The molecule has 0 atom stereocenters. The molecular formula is C26H43FN2O3. The maximum absolute atomic E-state index is 13.6. The molecule has 1 aliphatic heterocycles.